The van der Waals surface area contributed by atoms with Crippen molar-refractivity contribution in [1.82, 2.24) is 20.9 Å². The first-order chi connectivity index (χ1) is 17.7. The Morgan fingerprint density at radius 3 is 2.51 bits per heavy atom. The number of rotatable bonds is 12. The highest BCUT2D eigenvalue weighted by Gasteiger charge is 2.31. The van der Waals surface area contributed by atoms with Gasteiger partial charge in [0.1, 0.15) is 12.1 Å². The third-order valence-corrected chi connectivity index (χ3v) is 7.00. The highest BCUT2D eigenvalue weighted by atomic mass is 16.5. The molecule has 9 nitrogen and oxygen atoms in total. The van der Waals surface area contributed by atoms with Crippen LogP contribution < -0.4 is 16.0 Å². The van der Waals surface area contributed by atoms with Crippen LogP contribution in [0.5, 0.6) is 0 Å². The van der Waals surface area contributed by atoms with Crippen LogP contribution in [0, 0.1) is 5.92 Å². The van der Waals surface area contributed by atoms with E-state index in [0.29, 0.717) is 25.9 Å². The summed E-state index contributed by atoms with van der Waals surface area (Å²) in [6, 6.07) is 12.6. The predicted molar refractivity (Wildman–Crippen MR) is 141 cm³/mol. The summed E-state index contributed by atoms with van der Waals surface area (Å²) >= 11 is 0. The van der Waals surface area contributed by atoms with Crippen LogP contribution in [0.2, 0.25) is 0 Å². The average Bonchev–Trinajstić information content (AvgIpc) is 3.33. The number of carbonyl (C=O) groups excluding carboxylic acids is 4. The molecule has 3 amide bonds. The van der Waals surface area contributed by atoms with Gasteiger partial charge in [0, 0.05) is 25.6 Å². The van der Waals surface area contributed by atoms with Crippen molar-refractivity contribution in [2.24, 2.45) is 5.92 Å². The maximum atomic E-state index is 12.9. The fourth-order valence-electron chi connectivity index (χ4n) is 4.61. The minimum Gasteiger partial charge on any atom is -0.467 e. The second kappa shape index (κ2) is 13.2. The molecule has 0 saturated carbocycles. The molecule has 1 heterocycles. The van der Waals surface area contributed by atoms with Gasteiger partial charge in [-0.15, -0.1) is 0 Å². The van der Waals surface area contributed by atoms with E-state index in [4.69, 9.17) is 4.74 Å². The molecule has 0 aliphatic carbocycles. The Hall–Kier alpha value is -3.46. The molecule has 2 aromatic rings. The summed E-state index contributed by atoms with van der Waals surface area (Å²) in [6.45, 7) is 6.63. The van der Waals surface area contributed by atoms with Crippen molar-refractivity contribution in [1.29, 1.82) is 0 Å². The lowest BCUT2D eigenvalue weighted by Gasteiger charge is -2.32. The summed E-state index contributed by atoms with van der Waals surface area (Å²) in [6.07, 6.45) is 1.65. The zero-order valence-corrected chi connectivity index (χ0v) is 22.1. The Balaban J connectivity index is 1.82. The van der Waals surface area contributed by atoms with Gasteiger partial charge in [0.25, 0.3) is 0 Å². The fraction of sp³-hybridized carbons (Fsp3) is 0.500. The Labute approximate surface area is 218 Å². The number of esters is 1. The number of nitrogens with one attached hydrogen (secondary N) is 3. The lowest BCUT2D eigenvalue weighted by Crippen LogP contribution is -2.53. The normalized spacial score (nSPS) is 17.6. The quantitative estimate of drug-likeness (QED) is 0.377. The zero-order chi connectivity index (χ0) is 26.9. The van der Waals surface area contributed by atoms with Gasteiger partial charge in [-0.3, -0.25) is 19.3 Å². The van der Waals surface area contributed by atoms with Crippen LogP contribution >= 0.6 is 0 Å². The fourth-order valence-corrected chi connectivity index (χ4v) is 4.61. The van der Waals surface area contributed by atoms with Crippen molar-refractivity contribution in [3.8, 4) is 0 Å². The highest BCUT2D eigenvalue weighted by molar-refractivity contribution is 5.91. The van der Waals surface area contributed by atoms with E-state index in [1.807, 2.05) is 41.3 Å². The van der Waals surface area contributed by atoms with E-state index >= 15 is 0 Å². The molecule has 0 radical (unpaired) electrons. The molecule has 4 atom stereocenters. The van der Waals surface area contributed by atoms with Crippen LogP contribution in [0.15, 0.2) is 42.5 Å². The first kappa shape index (κ1) is 28.1. The summed E-state index contributed by atoms with van der Waals surface area (Å²) < 4.78 is 4.73. The van der Waals surface area contributed by atoms with Crippen molar-refractivity contribution >= 4 is 34.5 Å². The van der Waals surface area contributed by atoms with Gasteiger partial charge in [-0.2, -0.15) is 0 Å². The van der Waals surface area contributed by atoms with E-state index in [9.17, 15) is 19.2 Å². The summed E-state index contributed by atoms with van der Waals surface area (Å²) in [5.74, 6) is -1.01. The van der Waals surface area contributed by atoms with Crippen LogP contribution in [0.1, 0.15) is 45.6 Å². The molecular weight excluding hydrogens is 472 g/mol. The van der Waals surface area contributed by atoms with Crippen LogP contribution in [-0.4, -0.2) is 66.9 Å². The van der Waals surface area contributed by atoms with E-state index in [2.05, 4.69) is 35.9 Å². The summed E-state index contributed by atoms with van der Waals surface area (Å²) in [5, 5.41) is 10.7. The molecule has 2 aromatic carbocycles. The molecule has 1 fully saturated rings. The monoisotopic (exact) mass is 510 g/mol. The van der Waals surface area contributed by atoms with Crippen molar-refractivity contribution in [2.75, 3.05) is 20.2 Å². The van der Waals surface area contributed by atoms with Gasteiger partial charge in [0.15, 0.2) is 0 Å². The van der Waals surface area contributed by atoms with Crippen LogP contribution in [-0.2, 0) is 30.5 Å². The van der Waals surface area contributed by atoms with Crippen molar-refractivity contribution < 1.29 is 23.9 Å². The summed E-state index contributed by atoms with van der Waals surface area (Å²) in [5.41, 5.74) is 1.06. The number of nitrogens with zero attached hydrogens (tertiary/aromatic N) is 1. The van der Waals surface area contributed by atoms with Crippen LogP contribution in [0.25, 0.3) is 10.8 Å². The van der Waals surface area contributed by atoms with E-state index in [1.54, 1.807) is 6.92 Å². The van der Waals surface area contributed by atoms with Crippen LogP contribution in [0.4, 0.5) is 0 Å². The minimum atomic E-state index is -0.770. The number of methoxy groups -OCH3 is 1. The van der Waals surface area contributed by atoms with E-state index in [0.717, 1.165) is 22.8 Å². The minimum absolute atomic E-state index is 0.0352. The van der Waals surface area contributed by atoms with Gasteiger partial charge in [-0.25, -0.2) is 4.79 Å². The molecule has 0 bridgehead atoms. The highest BCUT2D eigenvalue weighted by Crippen LogP contribution is 2.21. The molecule has 1 saturated heterocycles. The van der Waals surface area contributed by atoms with Gasteiger partial charge < -0.3 is 20.7 Å². The van der Waals surface area contributed by atoms with Crippen molar-refractivity contribution in [3.63, 3.8) is 0 Å². The molecule has 37 heavy (non-hydrogen) atoms. The van der Waals surface area contributed by atoms with Gasteiger partial charge in [0.2, 0.25) is 17.7 Å². The van der Waals surface area contributed by atoms with Crippen molar-refractivity contribution in [2.45, 2.75) is 64.7 Å². The van der Waals surface area contributed by atoms with Gasteiger partial charge in [0.05, 0.1) is 13.7 Å². The molecule has 9 heteroatoms. The Bertz CT molecular complexity index is 1120. The number of fused-ring (bicyclic) bond motifs is 1. The molecule has 1 aliphatic heterocycles. The first-order valence-electron chi connectivity index (χ1n) is 12.9. The first-order valence-corrected chi connectivity index (χ1v) is 12.9. The van der Waals surface area contributed by atoms with E-state index < -0.39 is 18.1 Å². The molecule has 3 N–H and O–H groups in total. The smallest absolute Gasteiger partial charge is 0.328 e. The second-order valence-electron chi connectivity index (χ2n) is 9.78. The number of hydrogen-bond acceptors (Lipinski definition) is 6. The van der Waals surface area contributed by atoms with Crippen molar-refractivity contribution in [3.05, 3.63) is 48.0 Å². The SMILES string of the molecule is CC[C@H](C)[C@@H](CN(CC(=O)N[C@@H](C)C(=O)OC)Cc1cccc2ccccc12)NC(=O)[C@@H]1CCC(=O)N1. The summed E-state index contributed by atoms with van der Waals surface area (Å²) in [7, 11) is 1.28. The number of ether oxygens (including phenoxy) is 1. The third-order valence-electron chi connectivity index (χ3n) is 7.00. The Kier molecular flexibility index (Phi) is 10.0. The van der Waals surface area contributed by atoms with Crippen LogP contribution in [0.3, 0.4) is 0 Å². The molecule has 0 aromatic heterocycles. The Morgan fingerprint density at radius 1 is 1.11 bits per heavy atom. The zero-order valence-electron chi connectivity index (χ0n) is 22.1. The topological polar surface area (TPSA) is 117 Å². The standard InChI is InChI=1S/C28H38N4O5/c1-5-18(2)24(31-27(35)23-13-14-25(33)30-23)16-32(17-26(34)29-19(3)28(36)37-4)15-21-11-8-10-20-9-6-7-12-22(20)21/h6-12,18-19,23-24H,5,13-17H2,1-4H3,(H,29,34)(H,30,33)(H,31,35)/t18-,19-,23-,24+/m0/s1. The average molecular weight is 511 g/mol. The predicted octanol–water partition coefficient (Wildman–Crippen LogP) is 2.13. The maximum absolute atomic E-state index is 12.9. The molecule has 200 valence electrons. The van der Waals surface area contributed by atoms with E-state index in [-0.39, 0.29) is 36.2 Å². The lowest BCUT2D eigenvalue weighted by atomic mass is 9.97. The number of carbonyl (C=O) groups is 4. The summed E-state index contributed by atoms with van der Waals surface area (Å²) in [4.78, 5) is 51.3. The Morgan fingerprint density at radius 2 is 1.84 bits per heavy atom. The number of hydrogen-bond donors (Lipinski definition) is 3. The maximum Gasteiger partial charge on any atom is 0.328 e. The van der Waals surface area contributed by atoms with E-state index in [1.165, 1.54) is 7.11 Å². The molecule has 3 rings (SSSR count). The number of amides is 3. The van der Waals surface area contributed by atoms with Gasteiger partial charge in [-0.1, -0.05) is 62.7 Å². The largest absolute Gasteiger partial charge is 0.467 e. The third kappa shape index (κ3) is 7.76. The molecule has 0 spiro atoms. The molecular formula is C28H38N4O5. The molecule has 0 unspecified atom stereocenters. The second-order valence-corrected chi connectivity index (χ2v) is 9.78. The van der Waals surface area contributed by atoms with Gasteiger partial charge in [-0.05, 0) is 35.6 Å². The molecule has 1 aliphatic rings. The van der Waals surface area contributed by atoms with Gasteiger partial charge >= 0.3 is 5.97 Å². The lowest BCUT2D eigenvalue weighted by molar-refractivity contribution is -0.144. The number of benzene rings is 2.